The Morgan fingerprint density at radius 1 is 1.33 bits per heavy atom. The molecule has 24 heavy (non-hydrogen) atoms. The first kappa shape index (κ1) is 17.1. The number of piperidine rings is 1. The molecular formula is C17H26N4O3. The summed E-state index contributed by atoms with van der Waals surface area (Å²) in [6.07, 6.45) is 5.31. The largest absolute Gasteiger partial charge is 0.347 e. The molecule has 0 unspecified atom stereocenters. The van der Waals surface area contributed by atoms with Crippen LogP contribution in [0.5, 0.6) is 0 Å². The lowest BCUT2D eigenvalue weighted by molar-refractivity contribution is -0.169. The van der Waals surface area contributed by atoms with Gasteiger partial charge in [-0.3, -0.25) is 4.79 Å². The van der Waals surface area contributed by atoms with Crippen LogP contribution in [-0.2, 0) is 9.47 Å². The van der Waals surface area contributed by atoms with Gasteiger partial charge in [-0.2, -0.15) is 0 Å². The first-order valence-corrected chi connectivity index (χ1v) is 8.75. The molecule has 2 saturated heterocycles. The fourth-order valence-electron chi connectivity index (χ4n) is 3.15. The maximum absolute atomic E-state index is 12.5. The van der Waals surface area contributed by atoms with Crippen LogP contribution in [0.2, 0.25) is 0 Å². The van der Waals surface area contributed by atoms with Gasteiger partial charge >= 0.3 is 0 Å². The summed E-state index contributed by atoms with van der Waals surface area (Å²) in [5.41, 5.74) is 0.451. The van der Waals surface area contributed by atoms with Crippen LogP contribution in [0.3, 0.4) is 0 Å². The van der Waals surface area contributed by atoms with E-state index in [1.165, 1.54) is 0 Å². The highest BCUT2D eigenvalue weighted by molar-refractivity contribution is 5.92. The molecule has 3 heterocycles. The number of rotatable bonds is 5. The first-order valence-electron chi connectivity index (χ1n) is 8.75. The van der Waals surface area contributed by atoms with Crippen molar-refractivity contribution >= 4 is 11.9 Å². The summed E-state index contributed by atoms with van der Waals surface area (Å²) < 4.78 is 11.5. The van der Waals surface area contributed by atoms with E-state index in [2.05, 4.69) is 21.8 Å². The van der Waals surface area contributed by atoms with Crippen LogP contribution in [0.25, 0.3) is 0 Å². The lowest BCUT2D eigenvalue weighted by Crippen LogP contribution is -2.45. The van der Waals surface area contributed by atoms with E-state index in [-0.39, 0.29) is 5.91 Å². The van der Waals surface area contributed by atoms with Crippen LogP contribution in [0, 0.1) is 0 Å². The van der Waals surface area contributed by atoms with Gasteiger partial charge in [0.15, 0.2) is 5.79 Å². The lowest BCUT2D eigenvalue weighted by Gasteiger charge is -2.37. The summed E-state index contributed by atoms with van der Waals surface area (Å²) in [6.45, 7) is 5.74. The molecule has 3 rings (SSSR count). The normalized spacial score (nSPS) is 19.7. The van der Waals surface area contributed by atoms with Gasteiger partial charge in [0.25, 0.3) is 5.91 Å². The van der Waals surface area contributed by atoms with Crippen molar-refractivity contribution in [3.63, 3.8) is 0 Å². The highest BCUT2D eigenvalue weighted by Gasteiger charge is 2.40. The summed E-state index contributed by atoms with van der Waals surface area (Å²) in [4.78, 5) is 25.1. The number of nitrogens with zero attached hydrogens (tertiary/aromatic N) is 4. The maximum Gasteiger partial charge on any atom is 0.272 e. The maximum atomic E-state index is 12.5. The molecule has 0 aliphatic carbocycles. The second-order valence-corrected chi connectivity index (χ2v) is 6.42. The molecule has 132 valence electrons. The number of anilines is 1. The van der Waals surface area contributed by atoms with Gasteiger partial charge in [-0.25, -0.2) is 9.97 Å². The molecule has 1 aromatic heterocycles. The van der Waals surface area contributed by atoms with E-state index in [4.69, 9.17) is 9.47 Å². The van der Waals surface area contributed by atoms with Gasteiger partial charge in [-0.15, -0.1) is 0 Å². The smallest absolute Gasteiger partial charge is 0.272 e. The number of carbonyl (C=O) groups is 1. The van der Waals surface area contributed by atoms with E-state index in [9.17, 15) is 4.79 Å². The molecule has 1 amide bonds. The van der Waals surface area contributed by atoms with Crippen molar-refractivity contribution in [1.82, 2.24) is 14.9 Å². The molecule has 7 nitrogen and oxygen atoms in total. The van der Waals surface area contributed by atoms with E-state index in [1.54, 1.807) is 17.2 Å². The average molecular weight is 334 g/mol. The highest BCUT2D eigenvalue weighted by atomic mass is 16.7. The van der Waals surface area contributed by atoms with Gasteiger partial charge in [0.1, 0.15) is 5.69 Å². The molecule has 2 aliphatic heterocycles. The summed E-state index contributed by atoms with van der Waals surface area (Å²) >= 11 is 0. The number of carbonyl (C=O) groups excluding carboxylic acids is 1. The molecule has 2 fully saturated rings. The standard InChI is InChI=1S/C17H26N4O3/c1-3-4-9-20(2)15(22)14-5-8-18-16(19-14)21-10-6-17(7-11-21)23-12-13-24-17/h5,8H,3-4,6-7,9-13H2,1-2H3. The number of hydrogen-bond acceptors (Lipinski definition) is 6. The fourth-order valence-corrected chi connectivity index (χ4v) is 3.15. The Labute approximate surface area is 143 Å². The predicted octanol–water partition coefficient (Wildman–Crippen LogP) is 1.69. The molecule has 1 spiro atoms. The summed E-state index contributed by atoms with van der Waals surface area (Å²) in [5, 5.41) is 0. The molecular weight excluding hydrogens is 308 g/mol. The van der Waals surface area contributed by atoms with Gasteiger partial charge in [0, 0.05) is 45.7 Å². The minimum Gasteiger partial charge on any atom is -0.347 e. The van der Waals surface area contributed by atoms with Gasteiger partial charge in [0.2, 0.25) is 5.95 Å². The third kappa shape index (κ3) is 3.67. The zero-order valence-electron chi connectivity index (χ0n) is 14.5. The molecule has 0 atom stereocenters. The molecule has 7 heteroatoms. The zero-order chi connectivity index (χ0) is 17.0. The number of unbranched alkanes of at least 4 members (excludes halogenated alkanes) is 1. The van der Waals surface area contributed by atoms with E-state index in [0.717, 1.165) is 45.3 Å². The summed E-state index contributed by atoms with van der Waals surface area (Å²) in [5.74, 6) is 0.144. The zero-order valence-corrected chi connectivity index (χ0v) is 14.5. The Kier molecular flexibility index (Phi) is 5.30. The molecule has 2 aliphatic rings. The fraction of sp³-hybridized carbons (Fsp3) is 0.706. The third-order valence-corrected chi connectivity index (χ3v) is 4.68. The summed E-state index contributed by atoms with van der Waals surface area (Å²) in [7, 11) is 1.82. The quantitative estimate of drug-likeness (QED) is 0.816. The van der Waals surface area contributed by atoms with Crippen molar-refractivity contribution < 1.29 is 14.3 Å². The summed E-state index contributed by atoms with van der Waals surface area (Å²) in [6, 6.07) is 1.68. The second kappa shape index (κ2) is 7.44. The Balaban J connectivity index is 1.64. The lowest BCUT2D eigenvalue weighted by atomic mass is 10.0. The SMILES string of the molecule is CCCCN(C)C(=O)c1ccnc(N2CCC3(CC2)OCCO3)n1. The van der Waals surface area contributed by atoms with E-state index >= 15 is 0 Å². The van der Waals surface area contributed by atoms with E-state index in [1.807, 2.05) is 7.05 Å². The topological polar surface area (TPSA) is 67.8 Å². The monoisotopic (exact) mass is 334 g/mol. The van der Waals surface area contributed by atoms with Crippen LogP contribution in [0.4, 0.5) is 5.95 Å². The predicted molar refractivity (Wildman–Crippen MR) is 90.0 cm³/mol. The first-order chi connectivity index (χ1) is 11.6. The molecule has 0 aromatic carbocycles. The van der Waals surface area contributed by atoms with Gasteiger partial charge in [0.05, 0.1) is 13.2 Å². The Morgan fingerprint density at radius 3 is 2.71 bits per heavy atom. The Morgan fingerprint density at radius 2 is 2.04 bits per heavy atom. The molecule has 0 N–H and O–H groups in total. The molecule has 0 radical (unpaired) electrons. The van der Waals surface area contributed by atoms with Crippen molar-refractivity contribution in [3.05, 3.63) is 18.0 Å². The van der Waals surface area contributed by atoms with Crippen LogP contribution >= 0.6 is 0 Å². The molecule has 1 aromatic rings. The number of ether oxygens (including phenoxy) is 2. The Hall–Kier alpha value is -1.73. The highest BCUT2D eigenvalue weighted by Crippen LogP contribution is 2.32. The van der Waals surface area contributed by atoms with Crippen molar-refractivity contribution in [3.8, 4) is 0 Å². The average Bonchev–Trinajstić information content (AvgIpc) is 3.07. The van der Waals surface area contributed by atoms with Crippen LogP contribution in [0.15, 0.2) is 12.3 Å². The van der Waals surface area contributed by atoms with E-state index in [0.29, 0.717) is 24.9 Å². The van der Waals surface area contributed by atoms with Crippen molar-refractivity contribution in [2.75, 3.05) is 44.8 Å². The van der Waals surface area contributed by atoms with Gasteiger partial charge in [-0.05, 0) is 12.5 Å². The van der Waals surface area contributed by atoms with Gasteiger partial charge in [-0.1, -0.05) is 13.3 Å². The molecule has 0 saturated carbocycles. The van der Waals surface area contributed by atoms with Crippen molar-refractivity contribution in [2.45, 2.75) is 38.4 Å². The number of aromatic nitrogens is 2. The minimum absolute atomic E-state index is 0.0527. The second-order valence-electron chi connectivity index (χ2n) is 6.42. The number of amides is 1. The van der Waals surface area contributed by atoms with E-state index < -0.39 is 5.79 Å². The third-order valence-electron chi connectivity index (χ3n) is 4.68. The van der Waals surface area contributed by atoms with Crippen LogP contribution < -0.4 is 4.90 Å². The van der Waals surface area contributed by atoms with Crippen molar-refractivity contribution in [1.29, 1.82) is 0 Å². The Bertz CT molecular complexity index is 565. The molecule has 0 bridgehead atoms. The van der Waals surface area contributed by atoms with Crippen LogP contribution in [0.1, 0.15) is 43.1 Å². The number of hydrogen-bond donors (Lipinski definition) is 0. The van der Waals surface area contributed by atoms with Crippen LogP contribution in [-0.4, -0.2) is 66.5 Å². The van der Waals surface area contributed by atoms with Gasteiger partial charge < -0.3 is 19.3 Å². The van der Waals surface area contributed by atoms with Crippen molar-refractivity contribution in [2.24, 2.45) is 0 Å². The minimum atomic E-state index is -0.412.